The quantitative estimate of drug-likeness (QED) is 0.444. The normalized spacial score (nSPS) is 10.7. The van der Waals surface area contributed by atoms with E-state index in [2.05, 4.69) is 15.6 Å². The zero-order valence-electron chi connectivity index (χ0n) is 12.1. The van der Waals surface area contributed by atoms with E-state index in [1.165, 1.54) is 12.3 Å². The monoisotopic (exact) mass is 327 g/mol. The Kier molecular flexibility index (Phi) is 5.56. The molecule has 7 heteroatoms. The van der Waals surface area contributed by atoms with Crippen molar-refractivity contribution >= 4 is 28.9 Å². The van der Waals surface area contributed by atoms with Gasteiger partial charge < -0.3 is 16.4 Å². The molecule has 1 aromatic carbocycles. The van der Waals surface area contributed by atoms with E-state index in [0.717, 1.165) is 5.56 Å². The van der Waals surface area contributed by atoms with Crippen LogP contribution < -0.4 is 16.4 Å². The second-order valence-corrected chi connectivity index (χ2v) is 5.00. The molecule has 0 aliphatic rings. The van der Waals surface area contributed by atoms with E-state index in [1.807, 2.05) is 18.2 Å². The third kappa shape index (κ3) is 4.73. The molecule has 4 N–H and O–H groups in total. The molecule has 0 fully saturated rings. The third-order valence-electron chi connectivity index (χ3n) is 2.93. The van der Waals surface area contributed by atoms with Crippen molar-refractivity contribution in [1.82, 2.24) is 10.3 Å². The molecule has 1 heterocycles. The maximum Gasteiger partial charge on any atom is 0.267 e. The molecule has 2 rings (SSSR count). The molecule has 23 heavy (non-hydrogen) atoms. The number of hydrogen-bond donors (Lipinski definition) is 3. The second-order valence-electron chi connectivity index (χ2n) is 4.60. The van der Waals surface area contributed by atoms with Gasteiger partial charge in [0.15, 0.2) is 0 Å². The van der Waals surface area contributed by atoms with Crippen LogP contribution in [0, 0.1) is 11.3 Å². The molecule has 2 aromatic rings. The van der Waals surface area contributed by atoms with E-state index in [4.69, 9.17) is 22.6 Å². The highest BCUT2D eigenvalue weighted by Crippen LogP contribution is 2.22. The molecule has 0 unspecified atom stereocenters. The van der Waals surface area contributed by atoms with Gasteiger partial charge in [0.05, 0.1) is 10.7 Å². The minimum atomic E-state index is -0.532. The Morgan fingerprint density at radius 1 is 1.35 bits per heavy atom. The zero-order chi connectivity index (χ0) is 16.7. The van der Waals surface area contributed by atoms with Crippen LogP contribution in [-0.2, 0) is 11.3 Å². The number of nitriles is 1. The number of nitrogen functional groups attached to an aromatic ring is 1. The largest absolute Gasteiger partial charge is 0.398 e. The zero-order valence-corrected chi connectivity index (χ0v) is 12.8. The molecule has 0 saturated carbocycles. The van der Waals surface area contributed by atoms with Crippen molar-refractivity contribution in [3.63, 3.8) is 0 Å². The first-order chi connectivity index (χ1) is 11.1. The van der Waals surface area contributed by atoms with Crippen molar-refractivity contribution in [2.75, 3.05) is 11.1 Å². The molecule has 116 valence electrons. The lowest BCUT2D eigenvalue weighted by Crippen LogP contribution is -2.16. The summed E-state index contributed by atoms with van der Waals surface area (Å²) in [6.45, 7) is 0.481. The lowest BCUT2D eigenvalue weighted by atomic mass is 10.2. The minimum absolute atomic E-state index is 0.0491. The van der Waals surface area contributed by atoms with Gasteiger partial charge in [0, 0.05) is 30.8 Å². The van der Waals surface area contributed by atoms with Crippen LogP contribution in [0.15, 0.2) is 54.5 Å². The summed E-state index contributed by atoms with van der Waals surface area (Å²) in [4.78, 5) is 16.0. The fraction of sp³-hybridized carbons (Fsp3) is 0.0625. The number of carbonyl (C=O) groups excluding carboxylic acids is 1. The molecule has 1 aromatic heterocycles. The summed E-state index contributed by atoms with van der Waals surface area (Å²) in [6.07, 6.45) is 4.71. The van der Waals surface area contributed by atoms with Gasteiger partial charge in [-0.25, -0.2) is 0 Å². The van der Waals surface area contributed by atoms with Gasteiger partial charge in [-0.05, 0) is 35.9 Å². The van der Waals surface area contributed by atoms with E-state index in [-0.39, 0.29) is 5.57 Å². The number of rotatable bonds is 5. The Labute approximate surface area is 138 Å². The Morgan fingerprint density at radius 3 is 2.74 bits per heavy atom. The Balaban J connectivity index is 1.99. The van der Waals surface area contributed by atoms with Gasteiger partial charge in [0.2, 0.25) is 0 Å². The van der Waals surface area contributed by atoms with Gasteiger partial charge in [0.25, 0.3) is 5.91 Å². The van der Waals surface area contributed by atoms with Gasteiger partial charge in [0.1, 0.15) is 11.6 Å². The predicted molar refractivity (Wildman–Crippen MR) is 89.3 cm³/mol. The van der Waals surface area contributed by atoms with Crippen molar-refractivity contribution in [3.05, 3.63) is 65.1 Å². The second kappa shape index (κ2) is 7.82. The number of anilines is 2. The van der Waals surface area contributed by atoms with Crippen LogP contribution in [0.4, 0.5) is 11.4 Å². The van der Waals surface area contributed by atoms with E-state index in [9.17, 15) is 4.79 Å². The highest BCUT2D eigenvalue weighted by Gasteiger charge is 2.10. The van der Waals surface area contributed by atoms with Crippen molar-refractivity contribution in [1.29, 1.82) is 5.26 Å². The summed E-state index contributed by atoms with van der Waals surface area (Å²) in [6, 6.07) is 10.2. The van der Waals surface area contributed by atoms with Crippen molar-refractivity contribution in [2.45, 2.75) is 6.54 Å². The molecule has 6 nitrogen and oxygen atoms in total. The third-order valence-corrected chi connectivity index (χ3v) is 3.25. The Bertz CT molecular complexity index is 768. The summed E-state index contributed by atoms with van der Waals surface area (Å²) in [5.74, 6) is -0.532. The minimum Gasteiger partial charge on any atom is -0.398 e. The first kappa shape index (κ1) is 16.3. The van der Waals surface area contributed by atoms with Gasteiger partial charge in [-0.3, -0.25) is 9.78 Å². The molecule has 0 saturated heterocycles. The molecule has 0 aliphatic carbocycles. The summed E-state index contributed by atoms with van der Waals surface area (Å²) in [5, 5.41) is 14.9. The molecule has 0 atom stereocenters. The van der Waals surface area contributed by atoms with E-state index in [0.29, 0.717) is 22.9 Å². The molecule has 0 aliphatic heterocycles. The van der Waals surface area contributed by atoms with Gasteiger partial charge in [-0.15, -0.1) is 0 Å². The van der Waals surface area contributed by atoms with Crippen LogP contribution in [0.1, 0.15) is 5.56 Å². The fourth-order valence-electron chi connectivity index (χ4n) is 1.72. The maximum absolute atomic E-state index is 12.1. The van der Waals surface area contributed by atoms with Gasteiger partial charge in [-0.2, -0.15) is 5.26 Å². The molecular formula is C16H14ClN5O. The molecule has 0 spiro atoms. The van der Waals surface area contributed by atoms with Crippen LogP contribution in [0.3, 0.4) is 0 Å². The number of aromatic nitrogens is 1. The topological polar surface area (TPSA) is 104 Å². The maximum atomic E-state index is 12.1. The number of halogens is 1. The lowest BCUT2D eigenvalue weighted by Gasteiger charge is -2.06. The van der Waals surface area contributed by atoms with Crippen molar-refractivity contribution in [3.8, 4) is 6.07 Å². The van der Waals surface area contributed by atoms with Crippen LogP contribution in [0.2, 0.25) is 5.02 Å². The summed E-state index contributed by atoms with van der Waals surface area (Å²) < 4.78 is 0. The Morgan fingerprint density at radius 2 is 2.09 bits per heavy atom. The lowest BCUT2D eigenvalue weighted by molar-refractivity contribution is -0.112. The molecular weight excluding hydrogens is 314 g/mol. The summed E-state index contributed by atoms with van der Waals surface area (Å²) >= 11 is 5.89. The number of hydrogen-bond acceptors (Lipinski definition) is 5. The first-order valence-corrected chi connectivity index (χ1v) is 7.07. The highest BCUT2D eigenvalue weighted by molar-refractivity contribution is 6.33. The van der Waals surface area contributed by atoms with Gasteiger partial charge >= 0.3 is 0 Å². The molecule has 1 amide bonds. The van der Waals surface area contributed by atoms with Crippen LogP contribution in [0.5, 0.6) is 0 Å². The van der Waals surface area contributed by atoms with Crippen LogP contribution >= 0.6 is 11.6 Å². The van der Waals surface area contributed by atoms with E-state index in [1.54, 1.807) is 24.5 Å². The predicted octanol–water partition coefficient (Wildman–Crippen LogP) is 2.45. The number of pyridine rings is 1. The highest BCUT2D eigenvalue weighted by atomic mass is 35.5. The average molecular weight is 328 g/mol. The van der Waals surface area contributed by atoms with Gasteiger partial charge in [-0.1, -0.05) is 11.6 Å². The molecule has 0 bridgehead atoms. The molecule has 0 radical (unpaired) electrons. The van der Waals surface area contributed by atoms with Crippen LogP contribution in [-0.4, -0.2) is 10.9 Å². The van der Waals surface area contributed by atoms with Crippen molar-refractivity contribution in [2.24, 2.45) is 0 Å². The summed E-state index contributed by atoms with van der Waals surface area (Å²) in [5.41, 5.74) is 7.42. The smallest absolute Gasteiger partial charge is 0.267 e. The van der Waals surface area contributed by atoms with Crippen molar-refractivity contribution < 1.29 is 4.79 Å². The van der Waals surface area contributed by atoms with Crippen LogP contribution in [0.25, 0.3) is 0 Å². The number of nitrogens with zero attached hydrogens (tertiary/aromatic N) is 2. The number of carbonyl (C=O) groups is 1. The first-order valence-electron chi connectivity index (χ1n) is 6.69. The van der Waals surface area contributed by atoms with E-state index < -0.39 is 5.91 Å². The van der Waals surface area contributed by atoms with E-state index >= 15 is 0 Å². The average Bonchev–Trinajstić information content (AvgIpc) is 2.56. The number of nitrogens with two attached hydrogens (primary N) is 1. The standard InChI is InChI=1S/C16H14ClN5O/c17-14-7-13(1-2-15(14)19)22-16(23)12(8-18)10-21-9-11-3-5-20-6-4-11/h1-7,10,21H,9,19H2,(H,22,23)/b12-10-. The Hall–Kier alpha value is -3.04. The SMILES string of the molecule is N#C/C(=C/NCc1ccncc1)C(=O)Nc1ccc(N)c(Cl)c1. The summed E-state index contributed by atoms with van der Waals surface area (Å²) in [7, 11) is 0. The number of nitrogens with one attached hydrogen (secondary N) is 2. The fourth-order valence-corrected chi connectivity index (χ4v) is 1.90. The number of amides is 1. The number of benzene rings is 1.